The van der Waals surface area contributed by atoms with E-state index in [1.54, 1.807) is 0 Å². The summed E-state index contributed by atoms with van der Waals surface area (Å²) in [6.07, 6.45) is 0. The number of fused-ring (bicyclic) bond motifs is 9. The molecule has 11 aromatic rings. The van der Waals surface area contributed by atoms with Crippen molar-refractivity contribution in [3.8, 4) is 34.2 Å². The van der Waals surface area contributed by atoms with E-state index in [0.29, 0.717) is 5.95 Å². The maximum absolute atomic E-state index is 5.50. The van der Waals surface area contributed by atoms with Crippen molar-refractivity contribution >= 4 is 65.2 Å². The minimum Gasteiger partial charge on any atom is -0.309 e. The van der Waals surface area contributed by atoms with E-state index < -0.39 is 0 Å². The summed E-state index contributed by atoms with van der Waals surface area (Å²) in [7, 11) is 0. The molecule has 0 aliphatic rings. The molecule has 8 aromatic carbocycles. The maximum Gasteiger partial charge on any atom is 0.235 e. The Kier molecular flexibility index (Phi) is 6.22. The van der Waals surface area contributed by atoms with Crippen molar-refractivity contribution in [3.05, 3.63) is 182 Å². The highest BCUT2D eigenvalue weighted by Crippen LogP contribution is 2.42. The van der Waals surface area contributed by atoms with Gasteiger partial charge in [0, 0.05) is 38.4 Å². The van der Waals surface area contributed by atoms with E-state index in [1.807, 2.05) is 0 Å². The third-order valence-corrected chi connectivity index (χ3v) is 10.5. The Morgan fingerprint density at radius 1 is 0.346 bits per heavy atom. The lowest BCUT2D eigenvalue weighted by atomic mass is 9.99. The van der Waals surface area contributed by atoms with E-state index in [2.05, 4.69) is 191 Å². The lowest BCUT2D eigenvalue weighted by Crippen LogP contribution is -2.04. The number of aromatic nitrogens is 4. The highest BCUT2D eigenvalue weighted by molar-refractivity contribution is 6.26. The zero-order valence-corrected chi connectivity index (χ0v) is 28.1. The van der Waals surface area contributed by atoms with Crippen LogP contribution in [0.4, 0.5) is 0 Å². The molecule has 0 aliphatic heterocycles. The predicted molar refractivity (Wildman–Crippen MR) is 217 cm³/mol. The number of nitrogens with zero attached hydrogens (tertiary/aromatic N) is 4. The second kappa shape index (κ2) is 11.2. The molecule has 3 heterocycles. The van der Waals surface area contributed by atoms with Crippen LogP contribution in [0.1, 0.15) is 0 Å². The molecule has 0 radical (unpaired) electrons. The topological polar surface area (TPSA) is 35.6 Å². The third-order valence-electron chi connectivity index (χ3n) is 10.5. The van der Waals surface area contributed by atoms with Gasteiger partial charge in [-0.05, 0) is 57.9 Å². The van der Waals surface area contributed by atoms with Crippen LogP contribution >= 0.6 is 0 Å². The molecule has 0 spiro atoms. The highest BCUT2D eigenvalue weighted by Gasteiger charge is 2.23. The van der Waals surface area contributed by atoms with Crippen LogP contribution < -0.4 is 0 Å². The molecule has 242 valence electrons. The molecule has 0 aliphatic carbocycles. The summed E-state index contributed by atoms with van der Waals surface area (Å²) >= 11 is 0. The molecular formula is C48H30N4. The van der Waals surface area contributed by atoms with Gasteiger partial charge in [0.25, 0.3) is 0 Å². The molecule has 0 N–H and O–H groups in total. The van der Waals surface area contributed by atoms with Crippen LogP contribution in [0.25, 0.3) is 99.3 Å². The summed E-state index contributed by atoms with van der Waals surface area (Å²) < 4.78 is 4.68. The van der Waals surface area contributed by atoms with Crippen molar-refractivity contribution in [2.75, 3.05) is 0 Å². The largest absolute Gasteiger partial charge is 0.309 e. The number of hydrogen-bond acceptors (Lipinski definition) is 2. The van der Waals surface area contributed by atoms with Crippen LogP contribution in [-0.4, -0.2) is 19.1 Å². The van der Waals surface area contributed by atoms with Gasteiger partial charge < -0.3 is 4.57 Å². The summed E-state index contributed by atoms with van der Waals surface area (Å²) in [6.45, 7) is 0. The lowest BCUT2D eigenvalue weighted by Gasteiger charge is -2.14. The zero-order valence-electron chi connectivity index (χ0n) is 28.1. The molecule has 0 bridgehead atoms. The molecule has 0 unspecified atom stereocenters. The van der Waals surface area contributed by atoms with E-state index in [-0.39, 0.29) is 0 Å². The molecule has 3 aromatic heterocycles. The fourth-order valence-corrected chi connectivity index (χ4v) is 8.28. The van der Waals surface area contributed by atoms with E-state index in [4.69, 9.17) is 9.97 Å². The Labute approximate surface area is 299 Å². The first-order chi connectivity index (χ1) is 25.8. The lowest BCUT2D eigenvalue weighted by molar-refractivity contribution is 0.999. The van der Waals surface area contributed by atoms with Crippen molar-refractivity contribution < 1.29 is 0 Å². The van der Waals surface area contributed by atoms with Crippen LogP contribution in [0.15, 0.2) is 182 Å². The van der Waals surface area contributed by atoms with Crippen LogP contribution in [0.2, 0.25) is 0 Å². The molecule has 4 nitrogen and oxygen atoms in total. The average molecular weight is 663 g/mol. The smallest absolute Gasteiger partial charge is 0.235 e. The molecule has 0 atom stereocenters. The molecular weight excluding hydrogens is 633 g/mol. The van der Waals surface area contributed by atoms with Crippen molar-refractivity contribution in [2.24, 2.45) is 0 Å². The molecule has 0 amide bonds. The van der Waals surface area contributed by atoms with Crippen molar-refractivity contribution in [2.45, 2.75) is 0 Å². The standard InChI is InChI=1S/C48H30N4/c1-2-18-33(19-3-1)51-44-27-11-9-23-40(44)46-45(51)29-28-39-38-22-8-10-26-43(38)52(47(39)46)48-49-41(36-24-12-16-31-14-4-6-20-34(31)36)30-42(50-48)37-25-13-17-32-15-5-7-21-35(32)37/h1-30H. The van der Waals surface area contributed by atoms with Gasteiger partial charge in [0.05, 0.1) is 33.5 Å². The van der Waals surface area contributed by atoms with Crippen LogP contribution in [0, 0.1) is 0 Å². The first-order valence-electron chi connectivity index (χ1n) is 17.7. The molecule has 52 heavy (non-hydrogen) atoms. The van der Waals surface area contributed by atoms with Crippen LogP contribution in [0.3, 0.4) is 0 Å². The zero-order chi connectivity index (χ0) is 34.2. The van der Waals surface area contributed by atoms with Gasteiger partial charge in [-0.1, -0.05) is 146 Å². The summed E-state index contributed by atoms with van der Waals surface area (Å²) in [5.41, 5.74) is 9.53. The van der Waals surface area contributed by atoms with Gasteiger partial charge in [0.15, 0.2) is 0 Å². The van der Waals surface area contributed by atoms with E-state index >= 15 is 0 Å². The molecule has 4 heteroatoms. The molecule has 0 saturated heterocycles. The molecule has 0 saturated carbocycles. The van der Waals surface area contributed by atoms with Gasteiger partial charge in [0.2, 0.25) is 5.95 Å². The third kappa shape index (κ3) is 4.21. The van der Waals surface area contributed by atoms with Crippen molar-refractivity contribution in [3.63, 3.8) is 0 Å². The molecule has 11 rings (SSSR count). The van der Waals surface area contributed by atoms with E-state index in [0.717, 1.165) is 61.0 Å². The Morgan fingerprint density at radius 2 is 0.865 bits per heavy atom. The quantitative estimate of drug-likeness (QED) is 0.188. The second-order valence-electron chi connectivity index (χ2n) is 13.4. The SMILES string of the molecule is c1ccc(-n2c3ccccc3c3c2ccc2c4ccccc4n(-c4nc(-c5cccc6ccccc56)cc(-c5cccc6ccccc56)n4)c23)cc1. The van der Waals surface area contributed by atoms with Crippen LogP contribution in [0.5, 0.6) is 0 Å². The number of rotatable bonds is 4. The van der Waals surface area contributed by atoms with Gasteiger partial charge in [-0.25, -0.2) is 9.97 Å². The second-order valence-corrected chi connectivity index (χ2v) is 13.4. The molecule has 0 fully saturated rings. The van der Waals surface area contributed by atoms with Crippen LogP contribution in [-0.2, 0) is 0 Å². The normalized spacial score (nSPS) is 11.8. The fourth-order valence-electron chi connectivity index (χ4n) is 8.28. The summed E-state index contributed by atoms with van der Waals surface area (Å²) in [5.74, 6) is 0.642. The minimum atomic E-state index is 0.642. The summed E-state index contributed by atoms with van der Waals surface area (Å²) in [6, 6.07) is 64.8. The van der Waals surface area contributed by atoms with Gasteiger partial charge >= 0.3 is 0 Å². The summed E-state index contributed by atoms with van der Waals surface area (Å²) in [4.78, 5) is 11.0. The monoisotopic (exact) mass is 662 g/mol. The Morgan fingerprint density at radius 3 is 1.52 bits per heavy atom. The Balaban J connectivity index is 1.31. The highest BCUT2D eigenvalue weighted by atomic mass is 15.2. The van der Waals surface area contributed by atoms with Crippen molar-refractivity contribution in [1.29, 1.82) is 0 Å². The van der Waals surface area contributed by atoms with Gasteiger partial charge in [-0.2, -0.15) is 0 Å². The minimum absolute atomic E-state index is 0.642. The maximum atomic E-state index is 5.50. The number of para-hydroxylation sites is 3. The van der Waals surface area contributed by atoms with Crippen molar-refractivity contribution in [1.82, 2.24) is 19.1 Å². The first-order valence-corrected chi connectivity index (χ1v) is 17.7. The van der Waals surface area contributed by atoms with Gasteiger partial charge in [0.1, 0.15) is 0 Å². The van der Waals surface area contributed by atoms with E-state index in [9.17, 15) is 0 Å². The fraction of sp³-hybridized carbons (Fsp3) is 0. The predicted octanol–water partition coefficient (Wildman–Crippen LogP) is 12.3. The van der Waals surface area contributed by atoms with Gasteiger partial charge in [-0.15, -0.1) is 0 Å². The van der Waals surface area contributed by atoms with Gasteiger partial charge in [-0.3, -0.25) is 4.57 Å². The first kappa shape index (κ1) is 28.8. The Bertz CT molecular complexity index is 3080. The average Bonchev–Trinajstić information content (AvgIpc) is 3.73. The summed E-state index contributed by atoms with van der Waals surface area (Å²) in [5, 5.41) is 9.39. The van der Waals surface area contributed by atoms with E-state index in [1.165, 1.54) is 32.3 Å². The Hall–Kier alpha value is -7.04. The number of hydrogen-bond donors (Lipinski definition) is 0. The number of benzene rings is 8.